The van der Waals surface area contributed by atoms with Crippen LogP contribution >= 0.6 is 0 Å². The maximum absolute atomic E-state index is 13.7. The van der Waals surface area contributed by atoms with E-state index in [-0.39, 0.29) is 6.42 Å². The number of hydrogen-bond acceptors (Lipinski definition) is 7. The van der Waals surface area contributed by atoms with Gasteiger partial charge in [-0.15, -0.1) is 0 Å². The van der Waals surface area contributed by atoms with Gasteiger partial charge in [0.1, 0.15) is 11.3 Å². The summed E-state index contributed by atoms with van der Waals surface area (Å²) in [7, 11) is 1.23. The topological polar surface area (TPSA) is 109 Å². The van der Waals surface area contributed by atoms with Crippen LogP contribution in [0.2, 0.25) is 0 Å². The average molecular weight is 423 g/mol. The van der Waals surface area contributed by atoms with E-state index < -0.39 is 47.1 Å². The fourth-order valence-corrected chi connectivity index (χ4v) is 5.39. The van der Waals surface area contributed by atoms with Crippen LogP contribution in [0.25, 0.3) is 0 Å². The van der Waals surface area contributed by atoms with Crippen LogP contribution in [-0.4, -0.2) is 54.3 Å². The minimum atomic E-state index is -1.54. The molecule has 4 atom stereocenters. The molecule has 0 bridgehead atoms. The van der Waals surface area contributed by atoms with E-state index in [2.05, 4.69) is 5.32 Å². The maximum atomic E-state index is 13.7. The molecule has 0 spiro atoms. The molecule has 3 fully saturated rings. The van der Waals surface area contributed by atoms with Gasteiger partial charge in [-0.2, -0.15) is 0 Å². The van der Waals surface area contributed by atoms with E-state index in [4.69, 9.17) is 9.15 Å². The number of rotatable bonds is 4. The molecule has 2 aromatic rings. The molecule has 1 aromatic heterocycles. The summed E-state index contributed by atoms with van der Waals surface area (Å²) in [5, 5.41) is 2.79. The quantitative estimate of drug-likeness (QED) is 0.574. The molecule has 0 unspecified atom stereocenters. The Kier molecular flexibility index (Phi) is 4.44. The van der Waals surface area contributed by atoms with E-state index in [1.807, 2.05) is 0 Å². The largest absolute Gasteiger partial charge is 0.469 e. The lowest BCUT2D eigenvalue weighted by Crippen LogP contribution is -2.67. The first-order valence-corrected chi connectivity index (χ1v) is 10.1. The number of carbonyl (C=O) groups is 4. The standard InChI is InChI=1S/C22H21N3O6/c1-30-15(26)12-22-17-16(19(27)25(20(17)28)13-6-3-2-4-7-13)18(14-8-5-11-31-14)24(22)10-9-23-21(22)29/h2-8,11,16-18H,9-10,12H2,1H3,(H,23,29)/t16-,17+,18-,22+/m1/s1. The molecule has 9 heteroatoms. The number of hydrogen-bond donors (Lipinski definition) is 1. The number of nitrogens with zero attached hydrogens (tertiary/aromatic N) is 2. The minimum Gasteiger partial charge on any atom is -0.469 e. The second-order valence-electron chi connectivity index (χ2n) is 7.94. The van der Waals surface area contributed by atoms with Gasteiger partial charge in [-0.05, 0) is 24.3 Å². The molecule has 3 saturated heterocycles. The highest BCUT2D eigenvalue weighted by Gasteiger charge is 2.73. The fraction of sp³-hybridized carbons (Fsp3) is 0.364. The normalized spacial score (nSPS) is 30.2. The van der Waals surface area contributed by atoms with Crippen molar-refractivity contribution in [3.8, 4) is 0 Å². The smallest absolute Gasteiger partial charge is 0.307 e. The first-order chi connectivity index (χ1) is 15.0. The molecule has 0 aliphatic carbocycles. The molecule has 3 aliphatic rings. The van der Waals surface area contributed by atoms with E-state index in [1.54, 1.807) is 47.4 Å². The fourth-order valence-electron chi connectivity index (χ4n) is 5.39. The zero-order chi connectivity index (χ0) is 21.8. The zero-order valence-electron chi connectivity index (χ0n) is 16.8. The maximum Gasteiger partial charge on any atom is 0.307 e. The Balaban J connectivity index is 1.70. The number of fused-ring (bicyclic) bond motifs is 3. The lowest BCUT2D eigenvalue weighted by atomic mass is 9.76. The predicted octanol–water partition coefficient (Wildman–Crippen LogP) is 0.874. The molecule has 3 amide bonds. The molecule has 9 nitrogen and oxygen atoms in total. The molecule has 4 heterocycles. The number of anilines is 1. The SMILES string of the molecule is COC(=O)C[C@]12C(=O)NCCN1[C@H](c1ccco1)[C@@H]1C(=O)N(c3ccccc3)C(=O)[C@H]12. The van der Waals surface area contributed by atoms with Crippen LogP contribution in [0.1, 0.15) is 18.2 Å². The number of benzene rings is 1. The second kappa shape index (κ2) is 7.05. The first kappa shape index (κ1) is 19.5. The van der Waals surface area contributed by atoms with Crippen molar-refractivity contribution >= 4 is 29.4 Å². The van der Waals surface area contributed by atoms with Crippen LogP contribution in [0.3, 0.4) is 0 Å². The number of nitrogens with one attached hydrogen (secondary N) is 1. The van der Waals surface area contributed by atoms with Gasteiger partial charge in [-0.3, -0.25) is 24.1 Å². The molecule has 1 aromatic carbocycles. The zero-order valence-corrected chi connectivity index (χ0v) is 16.8. The number of carbonyl (C=O) groups excluding carboxylic acids is 4. The second-order valence-corrected chi connectivity index (χ2v) is 7.94. The van der Waals surface area contributed by atoms with Crippen molar-refractivity contribution in [1.82, 2.24) is 10.2 Å². The van der Waals surface area contributed by atoms with Crippen LogP contribution in [0.4, 0.5) is 5.69 Å². The predicted molar refractivity (Wildman–Crippen MR) is 106 cm³/mol. The van der Waals surface area contributed by atoms with Crippen LogP contribution in [0.5, 0.6) is 0 Å². The number of methoxy groups -OCH3 is 1. The molecule has 31 heavy (non-hydrogen) atoms. The summed E-state index contributed by atoms with van der Waals surface area (Å²) < 4.78 is 10.5. The Morgan fingerprint density at radius 3 is 2.61 bits per heavy atom. The van der Waals surface area contributed by atoms with E-state index in [1.165, 1.54) is 13.4 Å². The van der Waals surface area contributed by atoms with Gasteiger partial charge >= 0.3 is 5.97 Å². The molecule has 5 rings (SSSR count). The summed E-state index contributed by atoms with van der Waals surface area (Å²) in [6, 6.07) is 11.4. The van der Waals surface area contributed by atoms with Gasteiger partial charge in [-0.25, -0.2) is 4.90 Å². The van der Waals surface area contributed by atoms with Crippen molar-refractivity contribution in [2.75, 3.05) is 25.1 Å². The number of piperazine rings is 1. The van der Waals surface area contributed by atoms with Crippen molar-refractivity contribution in [2.45, 2.75) is 18.0 Å². The van der Waals surface area contributed by atoms with Crippen LogP contribution in [0.15, 0.2) is 53.1 Å². The van der Waals surface area contributed by atoms with Crippen molar-refractivity contribution < 1.29 is 28.3 Å². The summed E-state index contributed by atoms with van der Waals surface area (Å²) in [5.41, 5.74) is -1.11. The van der Waals surface area contributed by atoms with Gasteiger partial charge in [0, 0.05) is 13.1 Å². The molecule has 3 aliphatic heterocycles. The Labute approximate surface area is 177 Å². The third kappa shape index (κ3) is 2.59. The summed E-state index contributed by atoms with van der Waals surface area (Å²) in [6.07, 6.45) is 1.15. The Morgan fingerprint density at radius 2 is 1.94 bits per heavy atom. The van der Waals surface area contributed by atoms with Crippen molar-refractivity contribution in [3.05, 3.63) is 54.5 Å². The van der Waals surface area contributed by atoms with Crippen LogP contribution in [0, 0.1) is 11.8 Å². The number of ether oxygens (including phenoxy) is 1. The Hall–Kier alpha value is -3.46. The van der Waals surface area contributed by atoms with Crippen LogP contribution < -0.4 is 10.2 Å². The van der Waals surface area contributed by atoms with Gasteiger partial charge in [0.25, 0.3) is 0 Å². The van der Waals surface area contributed by atoms with E-state index in [0.717, 1.165) is 4.90 Å². The molecule has 160 valence electrons. The Bertz CT molecular complexity index is 1050. The van der Waals surface area contributed by atoms with E-state index in [9.17, 15) is 19.2 Å². The minimum absolute atomic E-state index is 0.336. The van der Waals surface area contributed by atoms with Gasteiger partial charge in [0.2, 0.25) is 17.7 Å². The molecule has 0 saturated carbocycles. The monoisotopic (exact) mass is 423 g/mol. The highest BCUT2D eigenvalue weighted by molar-refractivity contribution is 6.24. The molecule has 1 N–H and O–H groups in total. The lowest BCUT2D eigenvalue weighted by molar-refractivity contribution is -0.154. The Morgan fingerprint density at radius 1 is 1.16 bits per heavy atom. The number of esters is 1. The third-order valence-electron chi connectivity index (χ3n) is 6.58. The molecular formula is C22H21N3O6. The lowest BCUT2D eigenvalue weighted by Gasteiger charge is -2.44. The summed E-state index contributed by atoms with van der Waals surface area (Å²) in [6.45, 7) is 0.705. The highest BCUT2D eigenvalue weighted by Crippen LogP contribution is 2.57. The van der Waals surface area contributed by atoms with Crippen molar-refractivity contribution in [3.63, 3.8) is 0 Å². The number of furan rings is 1. The highest BCUT2D eigenvalue weighted by atomic mass is 16.5. The van der Waals surface area contributed by atoms with Crippen molar-refractivity contribution in [2.24, 2.45) is 11.8 Å². The van der Waals surface area contributed by atoms with Gasteiger partial charge < -0.3 is 14.5 Å². The van der Waals surface area contributed by atoms with Gasteiger partial charge in [-0.1, -0.05) is 18.2 Å². The first-order valence-electron chi connectivity index (χ1n) is 10.1. The average Bonchev–Trinajstić information content (AvgIpc) is 3.45. The summed E-state index contributed by atoms with van der Waals surface area (Å²) in [4.78, 5) is 56.0. The number of amides is 3. The summed E-state index contributed by atoms with van der Waals surface area (Å²) in [5.74, 6) is -3.42. The molecular weight excluding hydrogens is 402 g/mol. The number of imide groups is 1. The third-order valence-corrected chi connectivity index (χ3v) is 6.58. The van der Waals surface area contributed by atoms with Gasteiger partial charge in [0.15, 0.2) is 0 Å². The number of para-hydroxylation sites is 1. The van der Waals surface area contributed by atoms with Crippen LogP contribution in [-0.2, 0) is 23.9 Å². The van der Waals surface area contributed by atoms with Gasteiger partial charge in [0.05, 0.1) is 43.4 Å². The molecule has 0 radical (unpaired) electrons. The van der Waals surface area contributed by atoms with Crippen molar-refractivity contribution in [1.29, 1.82) is 0 Å². The summed E-state index contributed by atoms with van der Waals surface area (Å²) >= 11 is 0. The van der Waals surface area contributed by atoms with E-state index >= 15 is 0 Å². The van der Waals surface area contributed by atoms with E-state index in [0.29, 0.717) is 24.5 Å².